The minimum Gasteiger partial charge on any atom is -0.494 e. The van der Waals surface area contributed by atoms with E-state index in [1.54, 1.807) is 25.1 Å². The molecule has 2 aromatic heterocycles. The molecular weight excluding hydrogens is 490 g/mol. The van der Waals surface area contributed by atoms with Crippen LogP contribution in [-0.2, 0) is 11.2 Å². The van der Waals surface area contributed by atoms with Crippen LogP contribution in [-0.4, -0.2) is 46.9 Å². The largest absolute Gasteiger partial charge is 0.494 e. The minimum absolute atomic E-state index is 0.0982. The smallest absolute Gasteiger partial charge is 0.248 e. The molecule has 0 radical (unpaired) electrons. The number of benzene rings is 2. The van der Waals surface area contributed by atoms with E-state index in [9.17, 15) is 9.90 Å². The number of hydrogen-bond donors (Lipinski definition) is 1. The molecule has 0 aliphatic heterocycles. The van der Waals surface area contributed by atoms with Crippen LogP contribution in [0.4, 0.5) is 5.69 Å². The van der Waals surface area contributed by atoms with Gasteiger partial charge < -0.3 is 23.5 Å². The van der Waals surface area contributed by atoms with E-state index >= 15 is 0 Å². The molecule has 1 saturated carbocycles. The van der Waals surface area contributed by atoms with Gasteiger partial charge in [-0.1, -0.05) is 23.4 Å². The number of methoxy groups -OCH3 is 2. The van der Waals surface area contributed by atoms with Crippen LogP contribution in [0, 0.1) is 5.92 Å². The highest BCUT2D eigenvalue weighted by Crippen LogP contribution is 2.42. The molecule has 0 bridgehead atoms. The Labute approximate surface area is 218 Å². The lowest BCUT2D eigenvalue weighted by atomic mass is 10.1. The lowest BCUT2D eigenvalue weighted by molar-refractivity contribution is -0.106. The topological polar surface area (TPSA) is 136 Å². The van der Waals surface area contributed by atoms with Crippen molar-refractivity contribution in [2.75, 3.05) is 19.1 Å². The summed E-state index contributed by atoms with van der Waals surface area (Å²) in [6.07, 6.45) is 3.22. The Morgan fingerprint density at radius 3 is 2.55 bits per heavy atom. The fourth-order valence-corrected chi connectivity index (χ4v) is 4.20. The second-order valence-electron chi connectivity index (χ2n) is 8.90. The molecule has 1 fully saturated rings. The zero-order chi connectivity index (χ0) is 26.6. The van der Waals surface area contributed by atoms with Gasteiger partial charge in [-0.15, -0.1) is 10.2 Å². The normalized spacial score (nSPS) is 14.3. The average Bonchev–Trinajstić information content (AvgIpc) is 3.48. The summed E-state index contributed by atoms with van der Waals surface area (Å²) in [5.74, 6) is 1.68. The lowest BCUT2D eigenvalue weighted by Crippen LogP contribution is -2.32. The highest BCUT2D eigenvalue weighted by molar-refractivity contribution is 6.06. The number of carbonyl (C=O) groups is 1. The maximum atomic E-state index is 11.6. The molecule has 11 heteroatoms. The number of aliphatic hydroxyl groups excluding tert-OH is 1. The standard InChI is InChI=1S/C27H27N5O6/c1-16(26-30-29-24(37-26)14-19-18-7-4-5-8-20(18)38-31-19)27(34)32(23(28-15-33)13-17-11-12-17)25-21(35-2)9-6-10-22(25)36-3/h4-10,15,17,34H,11-14H2,1-3H3/b27-16-,28-23-. The van der Waals surface area contributed by atoms with E-state index in [0.29, 0.717) is 58.9 Å². The zero-order valence-electron chi connectivity index (χ0n) is 21.2. The summed E-state index contributed by atoms with van der Waals surface area (Å²) in [6.45, 7) is 1.64. The maximum Gasteiger partial charge on any atom is 0.248 e. The number of amides is 1. The molecule has 2 aromatic carbocycles. The number of amidine groups is 1. The van der Waals surface area contributed by atoms with Crippen molar-refractivity contribution in [1.82, 2.24) is 15.4 Å². The minimum atomic E-state index is -0.254. The van der Waals surface area contributed by atoms with E-state index < -0.39 is 0 Å². The number of aromatic nitrogens is 3. The molecule has 1 aliphatic carbocycles. The molecular formula is C27H27N5O6. The number of anilines is 1. The fraction of sp³-hybridized carbons (Fsp3) is 0.296. The van der Waals surface area contributed by atoms with Gasteiger partial charge in [0.2, 0.25) is 24.1 Å². The molecule has 1 N–H and O–H groups in total. The molecule has 38 heavy (non-hydrogen) atoms. The van der Waals surface area contributed by atoms with Crippen molar-refractivity contribution in [3.8, 4) is 11.5 Å². The molecule has 5 rings (SSSR count). The van der Waals surface area contributed by atoms with Crippen LogP contribution in [0.5, 0.6) is 11.5 Å². The predicted molar refractivity (Wildman–Crippen MR) is 139 cm³/mol. The Morgan fingerprint density at radius 2 is 1.87 bits per heavy atom. The van der Waals surface area contributed by atoms with Crippen LogP contribution < -0.4 is 14.4 Å². The van der Waals surface area contributed by atoms with Crippen molar-refractivity contribution in [1.29, 1.82) is 0 Å². The van der Waals surface area contributed by atoms with Crippen LogP contribution in [0.15, 0.2) is 62.3 Å². The summed E-state index contributed by atoms with van der Waals surface area (Å²) < 4.78 is 22.4. The van der Waals surface area contributed by atoms with Gasteiger partial charge in [0.05, 0.1) is 26.2 Å². The number of allylic oxidation sites excluding steroid dienone is 1. The number of para-hydroxylation sites is 2. The van der Waals surface area contributed by atoms with Crippen LogP contribution in [0.2, 0.25) is 0 Å². The summed E-state index contributed by atoms with van der Waals surface area (Å²) in [7, 11) is 3.03. The third-order valence-electron chi connectivity index (χ3n) is 6.36. The first-order chi connectivity index (χ1) is 18.5. The van der Waals surface area contributed by atoms with Gasteiger partial charge in [-0.2, -0.15) is 0 Å². The van der Waals surface area contributed by atoms with Gasteiger partial charge >= 0.3 is 0 Å². The molecule has 11 nitrogen and oxygen atoms in total. The van der Waals surface area contributed by atoms with Crippen molar-refractivity contribution in [2.45, 2.75) is 32.6 Å². The van der Waals surface area contributed by atoms with Crippen molar-refractivity contribution >= 4 is 34.5 Å². The second-order valence-corrected chi connectivity index (χ2v) is 8.90. The second kappa shape index (κ2) is 10.8. The van der Waals surface area contributed by atoms with Gasteiger partial charge in [0, 0.05) is 11.8 Å². The van der Waals surface area contributed by atoms with Crippen molar-refractivity contribution in [2.24, 2.45) is 10.9 Å². The number of ether oxygens (including phenoxy) is 2. The number of nitrogens with zero attached hydrogens (tertiary/aromatic N) is 5. The number of aliphatic hydroxyl groups is 1. The molecule has 196 valence electrons. The van der Waals surface area contributed by atoms with Gasteiger partial charge in [-0.25, -0.2) is 4.99 Å². The highest BCUT2D eigenvalue weighted by atomic mass is 16.5. The maximum absolute atomic E-state index is 11.6. The van der Waals surface area contributed by atoms with Crippen LogP contribution >= 0.6 is 0 Å². The van der Waals surface area contributed by atoms with Crippen molar-refractivity contribution < 1.29 is 28.3 Å². The van der Waals surface area contributed by atoms with Crippen LogP contribution in [0.1, 0.15) is 43.7 Å². The quantitative estimate of drug-likeness (QED) is 0.133. The van der Waals surface area contributed by atoms with Gasteiger partial charge in [0.15, 0.2) is 5.58 Å². The molecule has 0 unspecified atom stereocenters. The van der Waals surface area contributed by atoms with E-state index in [2.05, 4.69) is 20.3 Å². The SMILES string of the molecule is COc1cccc(OC)c1N(/C(CC1CC1)=N\C=O)/C(O)=C(\C)c1nnc(Cc2noc3ccccc23)o1. The van der Waals surface area contributed by atoms with Crippen molar-refractivity contribution in [3.63, 3.8) is 0 Å². The van der Waals surface area contributed by atoms with Gasteiger partial charge in [-0.05, 0) is 49.9 Å². The summed E-state index contributed by atoms with van der Waals surface area (Å²) in [4.78, 5) is 17.1. The summed E-state index contributed by atoms with van der Waals surface area (Å²) >= 11 is 0. The van der Waals surface area contributed by atoms with E-state index in [0.717, 1.165) is 18.2 Å². The first-order valence-electron chi connectivity index (χ1n) is 12.1. The monoisotopic (exact) mass is 517 g/mol. The van der Waals surface area contributed by atoms with Crippen LogP contribution in [0.3, 0.4) is 0 Å². The van der Waals surface area contributed by atoms with Crippen molar-refractivity contribution in [3.05, 3.63) is 65.8 Å². The van der Waals surface area contributed by atoms with E-state index in [-0.39, 0.29) is 23.8 Å². The molecule has 2 heterocycles. The van der Waals surface area contributed by atoms with Gasteiger partial charge in [0.1, 0.15) is 28.7 Å². The Balaban J connectivity index is 1.55. The number of hydrogen-bond acceptors (Lipinski definition) is 9. The first kappa shape index (κ1) is 25.0. The van der Waals surface area contributed by atoms with Gasteiger partial charge in [0.25, 0.3) is 0 Å². The van der Waals surface area contributed by atoms with E-state index in [1.807, 2.05) is 24.3 Å². The number of rotatable bonds is 10. The average molecular weight is 518 g/mol. The Bertz CT molecular complexity index is 1490. The Kier molecular flexibility index (Phi) is 7.07. The number of aliphatic imine (C=N–C) groups is 1. The number of carbonyl (C=O) groups excluding carboxylic acids is 1. The summed E-state index contributed by atoms with van der Waals surface area (Å²) in [5, 5.41) is 24.9. The van der Waals surface area contributed by atoms with Gasteiger partial charge in [-0.3, -0.25) is 9.69 Å². The molecule has 1 amide bonds. The Hall–Kier alpha value is -4.67. The zero-order valence-corrected chi connectivity index (χ0v) is 21.2. The lowest BCUT2D eigenvalue weighted by Gasteiger charge is -2.28. The molecule has 0 spiro atoms. The molecule has 4 aromatic rings. The Morgan fingerprint density at radius 1 is 1.13 bits per heavy atom. The highest BCUT2D eigenvalue weighted by Gasteiger charge is 2.32. The van der Waals surface area contributed by atoms with E-state index in [4.69, 9.17) is 18.4 Å². The summed E-state index contributed by atoms with van der Waals surface area (Å²) in [5.41, 5.74) is 1.99. The molecule has 0 atom stereocenters. The first-order valence-corrected chi connectivity index (χ1v) is 12.1. The predicted octanol–water partition coefficient (Wildman–Crippen LogP) is 4.93. The molecule has 0 saturated heterocycles. The molecule has 1 aliphatic rings. The third kappa shape index (κ3) is 4.95. The summed E-state index contributed by atoms with van der Waals surface area (Å²) in [6, 6.07) is 12.7. The fourth-order valence-electron chi connectivity index (χ4n) is 4.20. The third-order valence-corrected chi connectivity index (χ3v) is 6.36. The van der Waals surface area contributed by atoms with E-state index in [1.165, 1.54) is 19.1 Å². The van der Waals surface area contributed by atoms with Crippen LogP contribution in [0.25, 0.3) is 16.5 Å². The number of fused-ring (bicyclic) bond motifs is 1.